The largest absolute Gasteiger partial charge is 0.394 e. The Morgan fingerprint density at radius 2 is 1.89 bits per heavy atom. The average Bonchev–Trinajstić information content (AvgIpc) is 2.71. The van der Waals surface area contributed by atoms with Crippen LogP contribution in [0.15, 0.2) is 0 Å². The molecule has 2 fully saturated rings. The maximum atomic E-state index is 9.45. The van der Waals surface area contributed by atoms with Crippen molar-refractivity contribution in [2.24, 2.45) is 23.5 Å². The minimum Gasteiger partial charge on any atom is -0.394 e. The van der Waals surface area contributed by atoms with Gasteiger partial charge in [0.15, 0.2) is 0 Å². The van der Waals surface area contributed by atoms with E-state index in [0.717, 1.165) is 44.1 Å². The van der Waals surface area contributed by atoms with Crippen LogP contribution in [0.1, 0.15) is 58.8 Å². The molecule has 4 unspecified atom stereocenters. The number of rotatable bonds is 5. The molecule has 4 atom stereocenters. The van der Waals surface area contributed by atoms with Gasteiger partial charge >= 0.3 is 0 Å². The van der Waals surface area contributed by atoms with Crippen LogP contribution in [0.4, 0.5) is 0 Å². The van der Waals surface area contributed by atoms with Gasteiger partial charge < -0.3 is 15.6 Å². The van der Waals surface area contributed by atoms with E-state index in [1.165, 1.54) is 19.3 Å². The van der Waals surface area contributed by atoms with Crippen LogP contribution in [-0.4, -0.2) is 30.0 Å². The van der Waals surface area contributed by atoms with Gasteiger partial charge in [0, 0.05) is 12.1 Å². The minimum atomic E-state index is -0.337. The highest BCUT2D eigenvalue weighted by Crippen LogP contribution is 2.36. The van der Waals surface area contributed by atoms with Crippen molar-refractivity contribution in [1.29, 1.82) is 0 Å². The van der Waals surface area contributed by atoms with Crippen LogP contribution < -0.4 is 5.73 Å². The lowest BCUT2D eigenvalue weighted by Crippen LogP contribution is -2.47. The van der Waals surface area contributed by atoms with E-state index in [-0.39, 0.29) is 12.1 Å². The van der Waals surface area contributed by atoms with Crippen molar-refractivity contribution >= 4 is 0 Å². The maximum Gasteiger partial charge on any atom is 0.0613 e. The molecule has 0 spiro atoms. The summed E-state index contributed by atoms with van der Waals surface area (Å²) in [7, 11) is 0. The van der Waals surface area contributed by atoms with Crippen molar-refractivity contribution in [2.45, 2.75) is 70.4 Å². The molecule has 0 radical (unpaired) electrons. The lowest BCUT2D eigenvalue weighted by Gasteiger charge is -2.33. The lowest BCUT2D eigenvalue weighted by atomic mass is 9.81. The van der Waals surface area contributed by atoms with Crippen molar-refractivity contribution in [1.82, 2.24) is 0 Å². The first-order valence-electron chi connectivity index (χ1n) is 8.05. The van der Waals surface area contributed by atoms with Gasteiger partial charge in [0.05, 0.1) is 12.7 Å². The topological polar surface area (TPSA) is 55.5 Å². The van der Waals surface area contributed by atoms with E-state index in [0.29, 0.717) is 12.0 Å². The second-order valence-electron chi connectivity index (χ2n) is 7.18. The molecular formula is C16H31NO2. The predicted octanol–water partition coefficient (Wildman–Crippen LogP) is 2.71. The van der Waals surface area contributed by atoms with Crippen LogP contribution in [-0.2, 0) is 4.74 Å². The molecule has 0 bridgehead atoms. The van der Waals surface area contributed by atoms with Gasteiger partial charge in [-0.15, -0.1) is 0 Å². The van der Waals surface area contributed by atoms with Crippen LogP contribution in [0.5, 0.6) is 0 Å². The normalized spacial score (nSPS) is 43.6. The summed E-state index contributed by atoms with van der Waals surface area (Å²) in [4.78, 5) is 0. The van der Waals surface area contributed by atoms with Crippen molar-refractivity contribution < 1.29 is 9.84 Å². The lowest BCUT2D eigenvalue weighted by molar-refractivity contribution is -0.00866. The van der Waals surface area contributed by atoms with E-state index in [9.17, 15) is 5.11 Å². The number of hydrogen-bond donors (Lipinski definition) is 2. The Morgan fingerprint density at radius 1 is 1.21 bits per heavy atom. The molecule has 3 nitrogen and oxygen atoms in total. The second kappa shape index (κ2) is 6.55. The van der Waals surface area contributed by atoms with Gasteiger partial charge in [0.2, 0.25) is 0 Å². The van der Waals surface area contributed by atoms with Gasteiger partial charge in [-0.05, 0) is 56.3 Å². The fraction of sp³-hybridized carbons (Fsp3) is 1.00. The molecule has 2 saturated carbocycles. The fourth-order valence-electron chi connectivity index (χ4n) is 4.20. The molecule has 0 aromatic carbocycles. The van der Waals surface area contributed by atoms with Crippen molar-refractivity contribution in [3.05, 3.63) is 0 Å². The number of aliphatic hydroxyl groups is 1. The van der Waals surface area contributed by atoms with Gasteiger partial charge in [-0.25, -0.2) is 0 Å². The Labute approximate surface area is 117 Å². The summed E-state index contributed by atoms with van der Waals surface area (Å²) in [6.45, 7) is 5.60. The molecule has 2 rings (SSSR count). The third kappa shape index (κ3) is 3.93. The monoisotopic (exact) mass is 269 g/mol. The van der Waals surface area contributed by atoms with Crippen molar-refractivity contribution in [3.8, 4) is 0 Å². The standard InChI is InChI=1S/C16H31NO2/c1-12-8-13(2)10-15(9-12)19-7-5-14-4-3-6-16(14,17)11-18/h12-15,18H,3-11,17H2,1-2H3. The molecule has 0 amide bonds. The Kier molecular flexibility index (Phi) is 5.27. The molecule has 0 aliphatic heterocycles. The van der Waals surface area contributed by atoms with Gasteiger partial charge in [0.1, 0.15) is 0 Å². The van der Waals surface area contributed by atoms with Crippen LogP contribution in [0.25, 0.3) is 0 Å². The van der Waals surface area contributed by atoms with E-state index in [1.54, 1.807) is 0 Å². The molecule has 2 aliphatic carbocycles. The van der Waals surface area contributed by atoms with E-state index in [1.807, 2.05) is 0 Å². The number of nitrogens with two attached hydrogens (primary N) is 1. The van der Waals surface area contributed by atoms with E-state index in [2.05, 4.69) is 13.8 Å². The van der Waals surface area contributed by atoms with Crippen molar-refractivity contribution in [2.75, 3.05) is 13.2 Å². The summed E-state index contributed by atoms with van der Waals surface area (Å²) in [6, 6.07) is 0. The Hall–Kier alpha value is -0.120. The quantitative estimate of drug-likeness (QED) is 0.807. The Bertz CT molecular complexity index is 274. The first-order chi connectivity index (χ1) is 9.03. The Balaban J connectivity index is 1.71. The molecule has 19 heavy (non-hydrogen) atoms. The van der Waals surface area contributed by atoms with Crippen LogP contribution in [0.3, 0.4) is 0 Å². The van der Waals surface area contributed by atoms with Crippen molar-refractivity contribution in [3.63, 3.8) is 0 Å². The number of hydrogen-bond acceptors (Lipinski definition) is 3. The molecule has 0 aromatic heterocycles. The molecule has 3 heteroatoms. The highest BCUT2D eigenvalue weighted by Gasteiger charge is 2.38. The summed E-state index contributed by atoms with van der Waals surface area (Å²) in [5.41, 5.74) is 5.92. The SMILES string of the molecule is CC1CC(C)CC(OCCC2CCCC2(N)CO)C1. The summed E-state index contributed by atoms with van der Waals surface area (Å²) < 4.78 is 6.09. The molecule has 0 heterocycles. The second-order valence-corrected chi connectivity index (χ2v) is 7.18. The zero-order chi connectivity index (χ0) is 13.9. The highest BCUT2D eigenvalue weighted by atomic mass is 16.5. The molecule has 3 N–H and O–H groups in total. The summed E-state index contributed by atoms with van der Waals surface area (Å²) in [5, 5.41) is 9.45. The first-order valence-corrected chi connectivity index (χ1v) is 8.05. The van der Waals surface area contributed by atoms with Gasteiger partial charge in [-0.3, -0.25) is 0 Å². The molecule has 0 aromatic rings. The van der Waals surface area contributed by atoms with E-state index < -0.39 is 0 Å². The van der Waals surface area contributed by atoms with E-state index in [4.69, 9.17) is 10.5 Å². The zero-order valence-electron chi connectivity index (χ0n) is 12.6. The maximum absolute atomic E-state index is 9.45. The fourth-order valence-corrected chi connectivity index (χ4v) is 4.20. The molecular weight excluding hydrogens is 238 g/mol. The number of aliphatic hydroxyl groups excluding tert-OH is 1. The third-order valence-corrected chi connectivity index (χ3v) is 5.26. The van der Waals surface area contributed by atoms with Gasteiger partial charge in [-0.2, -0.15) is 0 Å². The third-order valence-electron chi connectivity index (χ3n) is 5.26. The van der Waals surface area contributed by atoms with Gasteiger partial charge in [-0.1, -0.05) is 20.3 Å². The number of ether oxygens (including phenoxy) is 1. The first kappa shape index (κ1) is 15.3. The van der Waals surface area contributed by atoms with Gasteiger partial charge in [0.25, 0.3) is 0 Å². The minimum absolute atomic E-state index is 0.120. The highest BCUT2D eigenvalue weighted by molar-refractivity contribution is 4.95. The Morgan fingerprint density at radius 3 is 2.53 bits per heavy atom. The smallest absolute Gasteiger partial charge is 0.0613 e. The zero-order valence-corrected chi connectivity index (χ0v) is 12.6. The summed E-state index contributed by atoms with van der Waals surface area (Å²) >= 11 is 0. The average molecular weight is 269 g/mol. The summed E-state index contributed by atoms with van der Waals surface area (Å²) in [6.07, 6.45) is 8.49. The molecule has 2 aliphatic rings. The molecule has 0 saturated heterocycles. The summed E-state index contributed by atoms with van der Waals surface area (Å²) in [5.74, 6) is 2.04. The predicted molar refractivity (Wildman–Crippen MR) is 77.9 cm³/mol. The van der Waals surface area contributed by atoms with Crippen LogP contribution >= 0.6 is 0 Å². The van der Waals surface area contributed by atoms with Crippen LogP contribution in [0.2, 0.25) is 0 Å². The van der Waals surface area contributed by atoms with E-state index >= 15 is 0 Å². The van der Waals surface area contributed by atoms with Crippen LogP contribution in [0, 0.1) is 17.8 Å². The molecule has 112 valence electrons.